The van der Waals surface area contributed by atoms with Gasteiger partial charge in [0, 0.05) is 17.8 Å². The Balaban J connectivity index is 5.08. The standard InChI is InChI=1S/C19H37F2NOSSi/c1-14(2)25(15(3)4,16(5)6)13-11-10-12-17(18(20)21)22-24(23)19(7,8)9/h14-18,22H,10,12H2,1-9H3. The fraction of sp³-hybridized carbons (Fsp3) is 0.895. The Morgan fingerprint density at radius 2 is 1.44 bits per heavy atom. The van der Waals surface area contributed by atoms with Crippen molar-refractivity contribution in [2.75, 3.05) is 0 Å². The molecule has 0 aromatic rings. The van der Waals surface area contributed by atoms with Gasteiger partial charge in [-0.25, -0.2) is 8.78 Å². The van der Waals surface area contributed by atoms with Crippen molar-refractivity contribution in [3.63, 3.8) is 0 Å². The highest BCUT2D eigenvalue weighted by molar-refractivity contribution is 7.90. The van der Waals surface area contributed by atoms with Gasteiger partial charge < -0.3 is 4.55 Å². The molecule has 0 aliphatic carbocycles. The summed E-state index contributed by atoms with van der Waals surface area (Å²) in [5.41, 5.74) is 5.13. The Morgan fingerprint density at radius 3 is 1.76 bits per heavy atom. The summed E-state index contributed by atoms with van der Waals surface area (Å²) >= 11 is -1.50. The van der Waals surface area contributed by atoms with Crippen LogP contribution in [0.2, 0.25) is 16.6 Å². The predicted octanol–water partition coefficient (Wildman–Crippen LogP) is 5.67. The lowest BCUT2D eigenvalue weighted by atomic mass is 10.2. The third-order valence-electron chi connectivity index (χ3n) is 4.87. The van der Waals surface area contributed by atoms with Crippen LogP contribution < -0.4 is 4.72 Å². The molecule has 0 aromatic heterocycles. The number of nitrogens with one attached hydrogen (secondary N) is 1. The van der Waals surface area contributed by atoms with Crippen LogP contribution in [0.1, 0.15) is 75.2 Å². The largest absolute Gasteiger partial charge is 0.598 e. The predicted molar refractivity (Wildman–Crippen MR) is 109 cm³/mol. The van der Waals surface area contributed by atoms with Crippen LogP contribution in [0.3, 0.4) is 0 Å². The number of halogens is 2. The molecule has 0 amide bonds. The van der Waals surface area contributed by atoms with Crippen molar-refractivity contribution in [1.29, 1.82) is 0 Å². The zero-order valence-corrected chi connectivity index (χ0v) is 19.2. The van der Waals surface area contributed by atoms with Gasteiger partial charge in [-0.1, -0.05) is 41.5 Å². The fourth-order valence-corrected chi connectivity index (χ4v) is 9.57. The molecule has 2 unspecified atom stereocenters. The molecular weight excluding hydrogens is 356 g/mol. The van der Waals surface area contributed by atoms with Gasteiger partial charge in [-0.3, -0.25) is 0 Å². The molecule has 0 heterocycles. The monoisotopic (exact) mass is 393 g/mol. The second-order valence-electron chi connectivity index (χ2n) is 8.68. The summed E-state index contributed by atoms with van der Waals surface area (Å²) in [6, 6.07) is -1.08. The first-order valence-electron chi connectivity index (χ1n) is 9.23. The highest BCUT2D eigenvalue weighted by atomic mass is 32.2. The summed E-state index contributed by atoms with van der Waals surface area (Å²) < 4.78 is 40.6. The van der Waals surface area contributed by atoms with Gasteiger partial charge in [-0.05, 0) is 43.8 Å². The Hall–Kier alpha value is -0.0931. The van der Waals surface area contributed by atoms with Gasteiger partial charge in [-0.15, -0.1) is 16.2 Å². The summed E-state index contributed by atoms with van der Waals surface area (Å²) in [7, 11) is -1.82. The molecule has 148 valence electrons. The first-order chi connectivity index (χ1) is 11.3. The molecule has 1 N–H and O–H groups in total. The van der Waals surface area contributed by atoms with Crippen molar-refractivity contribution in [2.24, 2.45) is 0 Å². The van der Waals surface area contributed by atoms with E-state index in [1.54, 1.807) is 20.8 Å². The highest BCUT2D eigenvalue weighted by Crippen LogP contribution is 2.40. The Morgan fingerprint density at radius 1 is 1.00 bits per heavy atom. The van der Waals surface area contributed by atoms with Crippen LogP contribution in [0.25, 0.3) is 0 Å². The van der Waals surface area contributed by atoms with E-state index < -0.39 is 36.7 Å². The molecule has 25 heavy (non-hydrogen) atoms. The van der Waals surface area contributed by atoms with E-state index in [-0.39, 0.29) is 6.42 Å². The molecule has 0 aromatic carbocycles. The molecule has 0 saturated carbocycles. The number of hydrogen-bond donors (Lipinski definition) is 1. The van der Waals surface area contributed by atoms with Gasteiger partial charge >= 0.3 is 0 Å². The minimum atomic E-state index is -2.55. The summed E-state index contributed by atoms with van der Waals surface area (Å²) in [6.45, 7) is 18.7. The molecule has 0 saturated heterocycles. The lowest BCUT2D eigenvalue weighted by Gasteiger charge is -2.38. The lowest BCUT2D eigenvalue weighted by molar-refractivity contribution is 0.105. The minimum Gasteiger partial charge on any atom is -0.598 e. The van der Waals surface area contributed by atoms with E-state index in [0.29, 0.717) is 23.0 Å². The van der Waals surface area contributed by atoms with Crippen molar-refractivity contribution < 1.29 is 13.3 Å². The van der Waals surface area contributed by atoms with E-state index in [0.717, 1.165) is 0 Å². The molecule has 0 radical (unpaired) electrons. The van der Waals surface area contributed by atoms with Crippen LogP contribution in [-0.2, 0) is 11.4 Å². The average molecular weight is 394 g/mol. The molecule has 2 atom stereocenters. The molecule has 0 bridgehead atoms. The zero-order chi connectivity index (χ0) is 20.0. The maximum Gasteiger partial charge on any atom is 0.258 e. The Kier molecular flexibility index (Phi) is 10.3. The third-order valence-corrected chi connectivity index (χ3v) is 12.8. The van der Waals surface area contributed by atoms with Crippen LogP contribution >= 0.6 is 0 Å². The zero-order valence-electron chi connectivity index (χ0n) is 17.4. The van der Waals surface area contributed by atoms with Gasteiger partial charge in [0.05, 0.1) is 0 Å². The van der Waals surface area contributed by atoms with Crippen molar-refractivity contribution in [3.05, 3.63) is 0 Å². The van der Waals surface area contributed by atoms with Crippen LogP contribution in [0.5, 0.6) is 0 Å². The van der Waals surface area contributed by atoms with E-state index in [1.807, 2.05) is 0 Å². The Bertz CT molecular complexity index is 431. The van der Waals surface area contributed by atoms with E-state index >= 15 is 0 Å². The molecule has 0 rings (SSSR count). The van der Waals surface area contributed by atoms with Crippen molar-refractivity contribution in [2.45, 2.75) is 109 Å². The van der Waals surface area contributed by atoms with Gasteiger partial charge in [0.15, 0.2) is 0 Å². The van der Waals surface area contributed by atoms with E-state index in [4.69, 9.17) is 0 Å². The first-order valence-corrected chi connectivity index (χ1v) is 12.6. The van der Waals surface area contributed by atoms with E-state index in [9.17, 15) is 13.3 Å². The molecular formula is C19H37F2NOSSi. The van der Waals surface area contributed by atoms with E-state index in [1.165, 1.54) is 0 Å². The number of rotatable bonds is 8. The van der Waals surface area contributed by atoms with Crippen molar-refractivity contribution >= 4 is 19.4 Å². The van der Waals surface area contributed by atoms with Crippen molar-refractivity contribution in [3.8, 4) is 11.5 Å². The van der Waals surface area contributed by atoms with Gasteiger partial charge in [0.25, 0.3) is 6.43 Å². The Labute approximate surface area is 158 Å². The maximum atomic E-state index is 13.3. The maximum absolute atomic E-state index is 13.3. The normalized spacial score (nSPS) is 15.7. The van der Waals surface area contributed by atoms with Gasteiger partial charge in [-0.2, -0.15) is 0 Å². The van der Waals surface area contributed by atoms with Crippen LogP contribution in [0.15, 0.2) is 0 Å². The second-order valence-corrected chi connectivity index (χ2v) is 16.3. The molecule has 0 spiro atoms. The minimum absolute atomic E-state index is 0.214. The SMILES string of the molecule is CC(C)[Si](C#CCCC(N[S+]([O-])C(C)(C)C)C(F)F)(C(C)C)C(C)C. The molecule has 0 fully saturated rings. The third kappa shape index (κ3) is 7.20. The fourth-order valence-electron chi connectivity index (χ4n) is 3.43. The smallest absolute Gasteiger partial charge is 0.258 e. The first kappa shape index (κ1) is 24.9. The summed E-state index contributed by atoms with van der Waals surface area (Å²) in [5.74, 6) is 3.21. The van der Waals surface area contributed by atoms with E-state index in [2.05, 4.69) is 57.7 Å². The summed E-state index contributed by atoms with van der Waals surface area (Å²) in [5, 5.41) is 0. The average Bonchev–Trinajstić information content (AvgIpc) is 2.43. The molecule has 0 aliphatic heterocycles. The summed E-state index contributed by atoms with van der Waals surface area (Å²) in [4.78, 5) is 0. The van der Waals surface area contributed by atoms with Crippen LogP contribution in [-0.4, -0.2) is 29.8 Å². The van der Waals surface area contributed by atoms with Crippen LogP contribution in [0, 0.1) is 11.5 Å². The van der Waals surface area contributed by atoms with Crippen molar-refractivity contribution in [1.82, 2.24) is 4.72 Å². The molecule has 6 heteroatoms. The highest BCUT2D eigenvalue weighted by Gasteiger charge is 2.41. The second kappa shape index (κ2) is 10.3. The van der Waals surface area contributed by atoms with Gasteiger partial charge in [0.2, 0.25) is 0 Å². The topological polar surface area (TPSA) is 35.1 Å². The molecule has 0 aliphatic rings. The van der Waals surface area contributed by atoms with Gasteiger partial charge in [0.1, 0.15) is 18.9 Å². The van der Waals surface area contributed by atoms with Crippen LogP contribution in [0.4, 0.5) is 8.78 Å². The quantitative estimate of drug-likeness (QED) is 0.327. The number of hydrogen-bond acceptors (Lipinski definition) is 2. The lowest BCUT2D eigenvalue weighted by Crippen LogP contribution is -2.47. The molecule has 2 nitrogen and oxygen atoms in total. The summed E-state index contributed by atoms with van der Waals surface area (Å²) in [6.07, 6.45) is -1.93. The number of alkyl halides is 2.